The molecule has 0 aliphatic carbocycles. The van der Waals surface area contributed by atoms with E-state index in [2.05, 4.69) is 10.6 Å². The van der Waals surface area contributed by atoms with E-state index < -0.39 is 11.3 Å². The number of hydrogen-bond acceptors (Lipinski definition) is 10. The van der Waals surface area contributed by atoms with Crippen LogP contribution in [0.5, 0.6) is 11.5 Å². The molecule has 0 saturated heterocycles. The van der Waals surface area contributed by atoms with Crippen LogP contribution in [0.4, 0.5) is 11.4 Å². The minimum absolute atomic E-state index is 0.0756. The third-order valence-electron chi connectivity index (χ3n) is 10.2. The number of carbonyl (C=O) groups excluding carboxylic acids is 4. The first-order chi connectivity index (χ1) is 30.2. The van der Waals surface area contributed by atoms with E-state index in [9.17, 15) is 33.9 Å². The Bertz CT molecular complexity index is 3210. The van der Waals surface area contributed by atoms with Crippen molar-refractivity contribution in [2.24, 2.45) is 0 Å². The van der Waals surface area contributed by atoms with Crippen molar-refractivity contribution in [2.75, 3.05) is 17.7 Å². The molecular weight excluding hydrogens is 837 g/mol. The van der Waals surface area contributed by atoms with E-state index in [4.69, 9.17) is 4.74 Å². The van der Waals surface area contributed by atoms with E-state index in [-0.39, 0.29) is 46.8 Å². The van der Waals surface area contributed by atoms with Gasteiger partial charge in [0.2, 0.25) is 11.8 Å². The zero-order chi connectivity index (χ0) is 44.9. The van der Waals surface area contributed by atoms with Crippen molar-refractivity contribution < 1.29 is 29.0 Å². The number of fused-ring (bicyclic) bond motifs is 2. The number of nitrogens with zero attached hydrogens (tertiary/aromatic N) is 2. The van der Waals surface area contributed by atoms with Gasteiger partial charge in [0.05, 0.1) is 51.8 Å². The van der Waals surface area contributed by atoms with Crippen molar-refractivity contribution in [1.82, 2.24) is 9.13 Å². The van der Waals surface area contributed by atoms with Crippen LogP contribution in [0, 0.1) is 0 Å². The Morgan fingerprint density at radius 2 is 0.984 bits per heavy atom. The number of anilines is 2. The van der Waals surface area contributed by atoms with Crippen LogP contribution in [0.1, 0.15) is 59.5 Å². The summed E-state index contributed by atoms with van der Waals surface area (Å²) in [6.07, 6.45) is 0. The number of thiophene rings is 2. The van der Waals surface area contributed by atoms with Gasteiger partial charge in [0.1, 0.15) is 0 Å². The van der Waals surface area contributed by atoms with E-state index in [1.165, 1.54) is 62.0 Å². The summed E-state index contributed by atoms with van der Waals surface area (Å²) in [5.74, 6) is -1.24. The molecule has 0 unspecified atom stereocenters. The second-order valence-corrected chi connectivity index (χ2v) is 16.6. The number of amides is 2. The number of carbonyl (C=O) groups is 4. The molecule has 0 saturated carbocycles. The average molecular weight is 879 g/mol. The van der Waals surface area contributed by atoms with Gasteiger partial charge in [0, 0.05) is 25.2 Å². The molecule has 4 aromatic heterocycles. The summed E-state index contributed by atoms with van der Waals surface area (Å²) in [6.45, 7) is 6.30. The standard InChI is InChI=1S/C25H22N2O4S.C24H20N2O4S/c1-15(28)22-23(31-3)25(30)27(21-10-11-32-24(21)22)14-17-6-4-7-18(12-17)19-8-5-9-20(13-19)26-16(2)29;1-14(27)21-22(29)24(30)26(20-9-10-31-23(20)21)13-16-5-3-6-17(11-16)18-7-4-8-19(12-18)25-15(2)28/h4-13H,14H2,1-3H3,(H,26,29);3-12,29H,13H2,1-2H3,(H,25,28). The molecule has 0 bridgehead atoms. The van der Waals surface area contributed by atoms with Crippen molar-refractivity contribution in [3.8, 4) is 33.8 Å². The minimum atomic E-state index is -0.589. The highest BCUT2D eigenvalue weighted by Crippen LogP contribution is 2.32. The van der Waals surface area contributed by atoms with Crippen LogP contribution in [0.25, 0.3) is 42.7 Å². The highest BCUT2D eigenvalue weighted by molar-refractivity contribution is 7.18. The van der Waals surface area contributed by atoms with Gasteiger partial charge in [-0.15, -0.1) is 22.7 Å². The molecule has 0 aliphatic heterocycles. The maximum Gasteiger partial charge on any atom is 0.294 e. The molecule has 14 heteroatoms. The number of rotatable bonds is 11. The maximum absolute atomic E-state index is 13.2. The lowest BCUT2D eigenvalue weighted by molar-refractivity contribution is -0.115. The van der Waals surface area contributed by atoms with E-state index in [0.717, 1.165) is 43.8 Å². The Balaban J connectivity index is 0.000000189. The first-order valence-corrected chi connectivity index (χ1v) is 21.5. The van der Waals surface area contributed by atoms with Crippen LogP contribution in [0.15, 0.2) is 130 Å². The number of methoxy groups -OCH3 is 1. The number of nitrogens with one attached hydrogen (secondary N) is 2. The lowest BCUT2D eigenvalue weighted by atomic mass is 10.0. The van der Waals surface area contributed by atoms with Gasteiger partial charge in [-0.05, 0) is 107 Å². The summed E-state index contributed by atoms with van der Waals surface area (Å²) < 4.78 is 9.82. The Kier molecular flexibility index (Phi) is 12.9. The van der Waals surface area contributed by atoms with Crippen molar-refractivity contribution in [2.45, 2.75) is 40.8 Å². The summed E-state index contributed by atoms with van der Waals surface area (Å²) in [7, 11) is 1.41. The molecular formula is C49H42N4O8S2. The number of Topliss-reactive ketones (excluding diaryl/α,β-unsaturated/α-hetero) is 2. The Hall–Kier alpha value is -7.42. The molecule has 12 nitrogen and oxygen atoms in total. The number of aromatic hydroxyl groups is 1. The van der Waals surface area contributed by atoms with Gasteiger partial charge in [-0.2, -0.15) is 0 Å². The van der Waals surface area contributed by atoms with E-state index in [1.54, 1.807) is 16.0 Å². The van der Waals surface area contributed by atoms with Gasteiger partial charge >= 0.3 is 0 Å². The van der Waals surface area contributed by atoms with Crippen molar-refractivity contribution >= 4 is 77.9 Å². The number of benzene rings is 4. The van der Waals surface area contributed by atoms with E-state index in [0.29, 0.717) is 33.5 Å². The summed E-state index contributed by atoms with van der Waals surface area (Å²) in [5, 5.41) is 19.6. The van der Waals surface area contributed by atoms with Gasteiger partial charge in [0.25, 0.3) is 11.1 Å². The summed E-state index contributed by atoms with van der Waals surface area (Å²) >= 11 is 2.74. The van der Waals surface area contributed by atoms with E-state index >= 15 is 0 Å². The monoisotopic (exact) mass is 878 g/mol. The smallest absolute Gasteiger partial charge is 0.294 e. The number of ketones is 2. The predicted octanol–water partition coefficient (Wildman–Crippen LogP) is 9.59. The summed E-state index contributed by atoms with van der Waals surface area (Å²) in [6, 6.07) is 34.4. The third kappa shape index (κ3) is 9.42. The van der Waals surface area contributed by atoms with Gasteiger partial charge in [-0.25, -0.2) is 0 Å². The van der Waals surface area contributed by atoms with Gasteiger partial charge in [0.15, 0.2) is 23.1 Å². The Labute approximate surface area is 369 Å². The molecule has 0 atom stereocenters. The maximum atomic E-state index is 13.2. The molecule has 4 heterocycles. The zero-order valence-electron chi connectivity index (χ0n) is 35.0. The Morgan fingerprint density at radius 1 is 0.571 bits per heavy atom. The number of ether oxygens (including phenoxy) is 1. The fourth-order valence-corrected chi connectivity index (χ4v) is 9.45. The second kappa shape index (κ2) is 18.7. The van der Waals surface area contributed by atoms with Crippen LogP contribution in [0.2, 0.25) is 0 Å². The molecule has 2 amide bonds. The molecule has 318 valence electrons. The molecule has 0 radical (unpaired) electrons. The van der Waals surface area contributed by atoms with E-state index in [1.807, 2.05) is 109 Å². The average Bonchev–Trinajstić information content (AvgIpc) is 3.94. The van der Waals surface area contributed by atoms with Gasteiger partial charge in [-0.3, -0.25) is 37.9 Å². The van der Waals surface area contributed by atoms with Crippen LogP contribution < -0.4 is 26.5 Å². The number of pyridine rings is 2. The topological polar surface area (TPSA) is 166 Å². The first-order valence-electron chi connectivity index (χ1n) is 19.7. The van der Waals surface area contributed by atoms with Crippen LogP contribution >= 0.6 is 22.7 Å². The number of aromatic nitrogens is 2. The Morgan fingerprint density at radius 3 is 1.41 bits per heavy atom. The lowest BCUT2D eigenvalue weighted by Gasteiger charge is -2.14. The van der Waals surface area contributed by atoms with Gasteiger partial charge in [-0.1, -0.05) is 60.7 Å². The fourth-order valence-electron chi connectivity index (χ4n) is 7.47. The highest BCUT2D eigenvalue weighted by atomic mass is 32.1. The van der Waals surface area contributed by atoms with Crippen LogP contribution in [0.3, 0.4) is 0 Å². The first kappa shape index (κ1) is 43.7. The third-order valence-corrected chi connectivity index (χ3v) is 12.0. The molecule has 0 fully saturated rings. The molecule has 3 N–H and O–H groups in total. The zero-order valence-corrected chi connectivity index (χ0v) is 36.6. The van der Waals surface area contributed by atoms with Gasteiger partial charge < -0.3 is 20.5 Å². The normalized spacial score (nSPS) is 10.9. The molecule has 0 spiro atoms. The lowest BCUT2D eigenvalue weighted by Crippen LogP contribution is -2.24. The summed E-state index contributed by atoms with van der Waals surface area (Å²) in [5.41, 5.74) is 7.84. The fraction of sp³-hybridized carbons (Fsp3) is 0.143. The SMILES string of the molecule is CC(=O)Nc1cccc(-c2cccc(Cn3c(=O)c(O)c(C(C)=O)c4sccc43)c2)c1.COc1c(C(C)=O)c2sccc2n(Cc2cccc(-c3cccc(NC(C)=O)c3)c2)c1=O. The molecule has 8 rings (SSSR count). The van der Waals surface area contributed by atoms with Crippen molar-refractivity contribution in [1.29, 1.82) is 0 Å². The number of hydrogen-bond donors (Lipinski definition) is 3. The molecule has 4 aromatic carbocycles. The molecule has 0 aliphatic rings. The molecule has 8 aromatic rings. The highest BCUT2D eigenvalue weighted by Gasteiger charge is 2.23. The second-order valence-electron chi connectivity index (χ2n) is 14.7. The minimum Gasteiger partial charge on any atom is -0.502 e. The van der Waals surface area contributed by atoms with Crippen molar-refractivity contribution in [3.63, 3.8) is 0 Å². The van der Waals surface area contributed by atoms with Crippen molar-refractivity contribution in [3.05, 3.63) is 163 Å². The molecule has 63 heavy (non-hydrogen) atoms. The van der Waals surface area contributed by atoms with Crippen LogP contribution in [-0.4, -0.2) is 44.7 Å². The van der Waals surface area contributed by atoms with Crippen LogP contribution in [-0.2, 0) is 22.7 Å². The summed E-state index contributed by atoms with van der Waals surface area (Å²) in [4.78, 5) is 72.9. The quantitative estimate of drug-likeness (QED) is 0.108. The largest absolute Gasteiger partial charge is 0.502 e. The predicted molar refractivity (Wildman–Crippen MR) is 251 cm³/mol.